The average Bonchev–Trinajstić information content (AvgIpc) is 2.84. The van der Waals surface area contributed by atoms with E-state index in [4.69, 9.17) is 9.72 Å². The second-order valence-corrected chi connectivity index (χ2v) is 9.06. The van der Waals surface area contributed by atoms with Crippen LogP contribution in [-0.2, 0) is 11.2 Å². The molecule has 0 saturated carbocycles. The summed E-state index contributed by atoms with van der Waals surface area (Å²) >= 11 is 0. The molecule has 0 radical (unpaired) electrons. The minimum absolute atomic E-state index is 0.0951. The van der Waals surface area contributed by atoms with Gasteiger partial charge in [0.2, 0.25) is 5.91 Å². The number of anilines is 1. The quantitative estimate of drug-likeness (QED) is 0.522. The van der Waals surface area contributed by atoms with Crippen molar-refractivity contribution in [2.45, 2.75) is 39.0 Å². The lowest BCUT2D eigenvalue weighted by atomic mass is 9.98. The molecule has 33 heavy (non-hydrogen) atoms. The number of hydrogen-bond donors (Lipinski definition) is 1. The van der Waals surface area contributed by atoms with E-state index in [2.05, 4.69) is 46.6 Å². The average molecular weight is 442 g/mol. The molecule has 0 atom stereocenters. The lowest BCUT2D eigenvalue weighted by Gasteiger charge is -2.28. The molecule has 1 saturated heterocycles. The van der Waals surface area contributed by atoms with Gasteiger partial charge in [0.1, 0.15) is 5.75 Å². The minimum atomic E-state index is 0.0951. The van der Waals surface area contributed by atoms with Crippen molar-refractivity contribution in [3.05, 3.63) is 70.9 Å². The molecule has 2 aromatic carbocycles. The third kappa shape index (κ3) is 5.09. The number of hydrogen-bond acceptors (Lipinski definition) is 4. The van der Waals surface area contributed by atoms with Crippen molar-refractivity contribution in [3.8, 4) is 5.75 Å². The summed E-state index contributed by atoms with van der Waals surface area (Å²) in [5.74, 6) is 1.01. The van der Waals surface area contributed by atoms with Crippen LogP contribution in [0, 0.1) is 6.92 Å². The van der Waals surface area contributed by atoms with Crippen LogP contribution in [0.25, 0.3) is 17.0 Å². The molecule has 1 aromatic heterocycles. The van der Waals surface area contributed by atoms with Crippen LogP contribution >= 0.6 is 0 Å². The molecule has 5 nitrogen and oxygen atoms in total. The Hall–Kier alpha value is -3.18. The SMILES string of the molecule is Cc1ccc(OCCCN2CCC(=Cc3ccc4ccccc4n3)CC2)c2c1NC(=O)CC2. The first-order valence-electron chi connectivity index (χ1n) is 12.0. The van der Waals surface area contributed by atoms with E-state index in [1.807, 2.05) is 25.1 Å². The Morgan fingerprint density at radius 2 is 1.88 bits per heavy atom. The maximum absolute atomic E-state index is 11.7. The number of carbonyl (C=O) groups is 1. The first-order chi connectivity index (χ1) is 16.2. The van der Waals surface area contributed by atoms with Crippen LogP contribution in [0.2, 0.25) is 0 Å². The van der Waals surface area contributed by atoms with Gasteiger partial charge < -0.3 is 15.0 Å². The van der Waals surface area contributed by atoms with Gasteiger partial charge in [0.25, 0.3) is 0 Å². The van der Waals surface area contributed by atoms with Crippen LogP contribution in [-0.4, -0.2) is 42.0 Å². The molecule has 5 heteroatoms. The van der Waals surface area contributed by atoms with Crippen LogP contribution < -0.4 is 10.1 Å². The summed E-state index contributed by atoms with van der Waals surface area (Å²) in [6, 6.07) is 16.6. The fourth-order valence-corrected chi connectivity index (χ4v) is 4.79. The summed E-state index contributed by atoms with van der Waals surface area (Å²) in [4.78, 5) is 19.1. The number of amides is 1. The van der Waals surface area contributed by atoms with Gasteiger partial charge in [-0.25, -0.2) is 4.98 Å². The Labute approximate surface area is 195 Å². The van der Waals surface area contributed by atoms with Crippen LogP contribution in [0.4, 0.5) is 5.69 Å². The van der Waals surface area contributed by atoms with Gasteiger partial charge in [0.15, 0.2) is 0 Å². The number of fused-ring (bicyclic) bond motifs is 2. The van der Waals surface area contributed by atoms with Crippen molar-refractivity contribution in [2.75, 3.05) is 31.6 Å². The van der Waals surface area contributed by atoms with Crippen LogP contribution in [0.1, 0.15) is 42.5 Å². The number of nitrogens with zero attached hydrogens (tertiary/aromatic N) is 2. The Morgan fingerprint density at radius 3 is 2.76 bits per heavy atom. The predicted molar refractivity (Wildman–Crippen MR) is 134 cm³/mol. The first-order valence-corrected chi connectivity index (χ1v) is 12.0. The number of aryl methyl sites for hydroxylation is 1. The Kier molecular flexibility index (Phi) is 6.40. The smallest absolute Gasteiger partial charge is 0.224 e. The highest BCUT2D eigenvalue weighted by atomic mass is 16.5. The van der Waals surface area contributed by atoms with E-state index in [-0.39, 0.29) is 5.91 Å². The van der Waals surface area contributed by atoms with Crippen molar-refractivity contribution in [3.63, 3.8) is 0 Å². The van der Waals surface area contributed by atoms with Crippen molar-refractivity contribution >= 4 is 28.6 Å². The van der Waals surface area contributed by atoms with Crippen molar-refractivity contribution in [2.24, 2.45) is 0 Å². The summed E-state index contributed by atoms with van der Waals surface area (Å²) < 4.78 is 6.12. The van der Waals surface area contributed by atoms with Gasteiger partial charge in [0, 0.05) is 37.0 Å². The zero-order chi connectivity index (χ0) is 22.6. The molecule has 2 aliphatic heterocycles. The maximum atomic E-state index is 11.7. The maximum Gasteiger partial charge on any atom is 0.224 e. The number of aromatic nitrogens is 1. The number of nitrogens with one attached hydrogen (secondary N) is 1. The lowest BCUT2D eigenvalue weighted by molar-refractivity contribution is -0.116. The Balaban J connectivity index is 1.10. The predicted octanol–water partition coefficient (Wildman–Crippen LogP) is 5.38. The highest BCUT2D eigenvalue weighted by Crippen LogP contribution is 2.34. The third-order valence-corrected chi connectivity index (χ3v) is 6.69. The Bertz CT molecular complexity index is 1190. The van der Waals surface area contributed by atoms with E-state index in [0.29, 0.717) is 13.0 Å². The van der Waals surface area contributed by atoms with Crippen LogP contribution in [0.15, 0.2) is 54.1 Å². The summed E-state index contributed by atoms with van der Waals surface area (Å²) in [6.45, 7) is 5.95. The molecule has 1 amide bonds. The zero-order valence-corrected chi connectivity index (χ0v) is 19.3. The number of benzene rings is 2. The number of para-hydroxylation sites is 1. The van der Waals surface area contributed by atoms with E-state index in [1.165, 1.54) is 11.0 Å². The number of rotatable bonds is 6. The minimum Gasteiger partial charge on any atom is -0.493 e. The molecule has 0 bridgehead atoms. The molecule has 5 rings (SSSR count). The monoisotopic (exact) mass is 441 g/mol. The molecule has 1 N–H and O–H groups in total. The van der Waals surface area contributed by atoms with Gasteiger partial charge in [-0.2, -0.15) is 0 Å². The summed E-state index contributed by atoms with van der Waals surface area (Å²) in [7, 11) is 0. The molecular weight excluding hydrogens is 410 g/mol. The van der Waals surface area contributed by atoms with E-state index < -0.39 is 0 Å². The summed E-state index contributed by atoms with van der Waals surface area (Å²) in [6.07, 6.45) is 6.75. The molecule has 0 spiro atoms. The molecule has 2 aliphatic rings. The summed E-state index contributed by atoms with van der Waals surface area (Å²) in [5, 5.41) is 4.19. The number of carbonyl (C=O) groups excluding carboxylic acids is 1. The van der Waals surface area contributed by atoms with E-state index in [1.54, 1.807) is 0 Å². The van der Waals surface area contributed by atoms with Gasteiger partial charge in [-0.15, -0.1) is 0 Å². The highest BCUT2D eigenvalue weighted by Gasteiger charge is 2.20. The fourth-order valence-electron chi connectivity index (χ4n) is 4.79. The molecule has 0 aliphatic carbocycles. The number of ether oxygens (including phenoxy) is 1. The standard InChI is InChI=1S/C28H31N3O2/c1-20-7-11-26(24-10-12-27(32)30-28(20)24)33-18-4-15-31-16-13-21(14-17-31)19-23-9-8-22-5-2-3-6-25(22)29-23/h2-3,5-9,11,19H,4,10,12-18H2,1H3,(H,30,32). The number of pyridine rings is 1. The summed E-state index contributed by atoms with van der Waals surface area (Å²) in [5.41, 5.74) is 6.79. The normalized spacial score (nSPS) is 16.4. The van der Waals surface area contributed by atoms with Gasteiger partial charge in [0.05, 0.1) is 23.5 Å². The van der Waals surface area contributed by atoms with E-state index >= 15 is 0 Å². The van der Waals surface area contributed by atoms with Crippen molar-refractivity contribution in [1.29, 1.82) is 0 Å². The molecule has 1 fully saturated rings. The molecular formula is C28H31N3O2. The number of likely N-dealkylation sites (tertiary alicyclic amines) is 1. The second-order valence-electron chi connectivity index (χ2n) is 9.06. The zero-order valence-electron chi connectivity index (χ0n) is 19.3. The van der Waals surface area contributed by atoms with Crippen molar-refractivity contribution < 1.29 is 9.53 Å². The van der Waals surface area contributed by atoms with Gasteiger partial charge >= 0.3 is 0 Å². The largest absolute Gasteiger partial charge is 0.493 e. The lowest BCUT2D eigenvalue weighted by Crippen LogP contribution is -2.32. The second kappa shape index (κ2) is 9.75. The number of piperidine rings is 1. The Morgan fingerprint density at radius 1 is 1.03 bits per heavy atom. The first kappa shape index (κ1) is 21.7. The molecule has 170 valence electrons. The van der Waals surface area contributed by atoms with Gasteiger partial charge in [-0.3, -0.25) is 4.79 Å². The fraction of sp³-hybridized carbons (Fsp3) is 0.357. The highest BCUT2D eigenvalue weighted by molar-refractivity contribution is 5.95. The topological polar surface area (TPSA) is 54.5 Å². The van der Waals surface area contributed by atoms with Crippen LogP contribution in [0.3, 0.4) is 0 Å². The van der Waals surface area contributed by atoms with E-state index in [0.717, 1.165) is 79.1 Å². The third-order valence-electron chi connectivity index (χ3n) is 6.69. The molecule has 0 unspecified atom stereocenters. The van der Waals surface area contributed by atoms with Gasteiger partial charge in [-0.05, 0) is 62.4 Å². The van der Waals surface area contributed by atoms with Crippen LogP contribution in [0.5, 0.6) is 5.75 Å². The van der Waals surface area contributed by atoms with E-state index in [9.17, 15) is 4.79 Å². The molecule has 3 heterocycles. The van der Waals surface area contributed by atoms with Crippen molar-refractivity contribution in [1.82, 2.24) is 9.88 Å². The molecule has 3 aromatic rings. The van der Waals surface area contributed by atoms with Gasteiger partial charge in [-0.1, -0.05) is 35.9 Å².